The molecule has 0 saturated carbocycles. The molecular weight excluding hydrogens is 599 g/mol. The van der Waals surface area contributed by atoms with Crippen molar-refractivity contribution in [2.45, 2.75) is 4.90 Å². The Morgan fingerprint density at radius 1 is 0.857 bits per heavy atom. The van der Waals surface area contributed by atoms with E-state index in [1.165, 1.54) is 36.0 Å². The summed E-state index contributed by atoms with van der Waals surface area (Å²) in [6.45, 7) is 0. The summed E-state index contributed by atoms with van der Waals surface area (Å²) in [6.07, 6.45) is 1.25. The molecule has 0 aliphatic carbocycles. The highest BCUT2D eigenvalue weighted by atomic mass is 35.5. The lowest BCUT2D eigenvalue weighted by atomic mass is 10.1. The Hall–Kier alpha value is -4.64. The van der Waals surface area contributed by atoms with E-state index in [2.05, 4.69) is 16.0 Å². The normalized spacial score (nSPS) is 11.0. The van der Waals surface area contributed by atoms with Gasteiger partial charge in [-0.15, -0.1) is 11.8 Å². The van der Waals surface area contributed by atoms with E-state index in [-0.39, 0.29) is 28.6 Å². The minimum Gasteiger partial charge on any atom is -0.324 e. The van der Waals surface area contributed by atoms with Gasteiger partial charge in [-0.05, 0) is 66.7 Å². The predicted octanol–water partition coefficient (Wildman–Crippen LogP) is 7.04. The van der Waals surface area contributed by atoms with Crippen LogP contribution < -0.4 is 16.0 Å². The second-order valence-electron chi connectivity index (χ2n) is 8.63. The van der Waals surface area contributed by atoms with Crippen LogP contribution in [0.5, 0.6) is 0 Å². The van der Waals surface area contributed by atoms with Gasteiger partial charge in [-0.1, -0.05) is 53.5 Å². The Morgan fingerprint density at radius 2 is 1.55 bits per heavy atom. The first-order valence-electron chi connectivity index (χ1n) is 12.3. The molecular formula is C30H22Cl2N4O5S. The van der Waals surface area contributed by atoms with Crippen LogP contribution in [0.4, 0.5) is 17.1 Å². The maximum Gasteiger partial charge on any atom is 0.276 e. The van der Waals surface area contributed by atoms with Crippen LogP contribution in [-0.4, -0.2) is 28.4 Å². The minimum absolute atomic E-state index is 0.100. The smallest absolute Gasteiger partial charge is 0.276 e. The van der Waals surface area contributed by atoms with Crippen molar-refractivity contribution >= 4 is 75.8 Å². The van der Waals surface area contributed by atoms with E-state index < -0.39 is 16.7 Å². The van der Waals surface area contributed by atoms with E-state index in [9.17, 15) is 24.5 Å². The highest BCUT2D eigenvalue weighted by Gasteiger charge is 2.18. The minimum atomic E-state index is -0.685. The van der Waals surface area contributed by atoms with Crippen molar-refractivity contribution in [3.8, 4) is 0 Å². The van der Waals surface area contributed by atoms with Gasteiger partial charge in [-0.2, -0.15) is 0 Å². The van der Waals surface area contributed by atoms with Crippen molar-refractivity contribution in [1.29, 1.82) is 0 Å². The van der Waals surface area contributed by atoms with Crippen molar-refractivity contribution in [1.82, 2.24) is 5.32 Å². The van der Waals surface area contributed by atoms with Crippen LogP contribution in [0.3, 0.4) is 0 Å². The van der Waals surface area contributed by atoms with Crippen LogP contribution in [0.15, 0.2) is 108 Å². The second-order valence-corrected chi connectivity index (χ2v) is 10.5. The summed E-state index contributed by atoms with van der Waals surface area (Å²) in [5.74, 6) is -1.42. The van der Waals surface area contributed by atoms with Crippen molar-refractivity contribution in [2.75, 3.05) is 16.4 Å². The average Bonchev–Trinajstić information content (AvgIpc) is 2.99. The summed E-state index contributed by atoms with van der Waals surface area (Å²) in [5.41, 5.74) is 0.860. The number of nitro groups is 1. The third kappa shape index (κ3) is 8.43. The number of hydrogen-bond donors (Lipinski definition) is 3. The van der Waals surface area contributed by atoms with Crippen molar-refractivity contribution in [3.63, 3.8) is 0 Å². The average molecular weight is 622 g/mol. The van der Waals surface area contributed by atoms with E-state index in [1.807, 2.05) is 0 Å². The predicted molar refractivity (Wildman–Crippen MR) is 166 cm³/mol. The van der Waals surface area contributed by atoms with Crippen molar-refractivity contribution in [2.24, 2.45) is 0 Å². The molecule has 0 atom stereocenters. The molecule has 4 aromatic rings. The molecule has 0 aliphatic rings. The lowest BCUT2D eigenvalue weighted by Crippen LogP contribution is -2.30. The first-order chi connectivity index (χ1) is 20.2. The van der Waals surface area contributed by atoms with E-state index >= 15 is 0 Å². The number of carbonyl (C=O) groups excluding carboxylic acids is 3. The van der Waals surface area contributed by atoms with Gasteiger partial charge in [0.1, 0.15) is 5.70 Å². The van der Waals surface area contributed by atoms with E-state index in [1.54, 1.807) is 78.9 Å². The number of hydrogen-bond acceptors (Lipinski definition) is 6. The quantitative estimate of drug-likeness (QED) is 0.0754. The molecule has 3 N–H and O–H groups in total. The molecule has 0 aromatic heterocycles. The maximum atomic E-state index is 13.2. The fraction of sp³-hybridized carbons (Fsp3) is 0.0333. The number of halogens is 2. The number of nitrogens with one attached hydrogen (secondary N) is 3. The molecule has 4 rings (SSSR count). The van der Waals surface area contributed by atoms with Gasteiger partial charge in [-0.25, -0.2) is 0 Å². The number of nitrogens with zero attached hydrogens (tertiary/aromatic N) is 1. The zero-order valence-electron chi connectivity index (χ0n) is 21.7. The highest BCUT2D eigenvalue weighted by molar-refractivity contribution is 8.00. The Labute approximate surface area is 255 Å². The molecule has 0 radical (unpaired) electrons. The Balaban J connectivity index is 1.45. The van der Waals surface area contributed by atoms with E-state index in [0.29, 0.717) is 27.0 Å². The van der Waals surface area contributed by atoms with Gasteiger partial charge >= 0.3 is 0 Å². The summed E-state index contributed by atoms with van der Waals surface area (Å²) in [7, 11) is 0. The zero-order valence-corrected chi connectivity index (χ0v) is 24.0. The molecule has 0 bridgehead atoms. The van der Waals surface area contributed by atoms with E-state index in [4.69, 9.17) is 23.2 Å². The van der Waals surface area contributed by atoms with Crippen molar-refractivity contribution in [3.05, 3.63) is 134 Å². The Kier molecular flexibility index (Phi) is 10.3. The fourth-order valence-corrected chi connectivity index (χ4v) is 4.67. The lowest BCUT2D eigenvalue weighted by molar-refractivity contribution is -0.385. The van der Waals surface area contributed by atoms with Crippen molar-refractivity contribution < 1.29 is 19.3 Å². The van der Waals surface area contributed by atoms with Crippen LogP contribution in [-0.2, 0) is 9.59 Å². The molecule has 9 nitrogen and oxygen atoms in total. The topological polar surface area (TPSA) is 130 Å². The summed E-state index contributed by atoms with van der Waals surface area (Å²) in [6, 6.07) is 25.6. The molecule has 0 spiro atoms. The first kappa shape index (κ1) is 30.3. The summed E-state index contributed by atoms with van der Waals surface area (Å²) < 4.78 is 0. The van der Waals surface area contributed by atoms with Gasteiger partial charge in [-0.3, -0.25) is 24.5 Å². The molecule has 212 valence electrons. The molecule has 0 unspecified atom stereocenters. The van der Waals surface area contributed by atoms with Gasteiger partial charge < -0.3 is 16.0 Å². The van der Waals surface area contributed by atoms with E-state index in [0.717, 1.165) is 4.90 Å². The Morgan fingerprint density at radius 3 is 2.26 bits per heavy atom. The zero-order chi connectivity index (χ0) is 30.1. The first-order valence-corrected chi connectivity index (χ1v) is 14.0. The van der Waals surface area contributed by atoms with Gasteiger partial charge in [0.2, 0.25) is 5.91 Å². The maximum absolute atomic E-state index is 13.2. The Bertz CT molecular complexity index is 1660. The summed E-state index contributed by atoms with van der Waals surface area (Å²) in [5, 5.41) is 20.3. The largest absolute Gasteiger partial charge is 0.324 e. The molecule has 0 heterocycles. The number of para-hydroxylation sites is 1. The van der Waals surface area contributed by atoms with Gasteiger partial charge in [0, 0.05) is 27.2 Å². The van der Waals surface area contributed by atoms with Crippen LogP contribution in [0.2, 0.25) is 10.0 Å². The fourth-order valence-electron chi connectivity index (χ4n) is 3.64. The summed E-state index contributed by atoms with van der Waals surface area (Å²) in [4.78, 5) is 50.1. The number of thioether (sulfide) groups is 1. The second kappa shape index (κ2) is 14.3. The number of carbonyl (C=O) groups is 3. The lowest BCUT2D eigenvalue weighted by Gasteiger charge is -2.12. The number of rotatable bonds is 10. The molecule has 42 heavy (non-hydrogen) atoms. The third-order valence-electron chi connectivity index (χ3n) is 5.65. The number of amides is 3. The molecule has 12 heteroatoms. The standard InChI is InChI=1S/C30H22Cl2N4O5S/c31-21-10-15-24(32)25(17-21)34-28(37)18-42-23-13-11-22(12-14-23)33-30(39)26(35-29(38)19-6-2-1-3-7-19)16-20-8-4-5-9-27(20)36(40)41/h1-17H,18H2,(H,33,39)(H,34,37)(H,35,38)/b26-16-. The highest BCUT2D eigenvalue weighted by Crippen LogP contribution is 2.27. The number of nitro benzene ring substituents is 1. The SMILES string of the molecule is O=C(CSc1ccc(NC(=O)/C(=C/c2ccccc2[N+](=O)[O-])NC(=O)c2ccccc2)cc1)Nc1cc(Cl)ccc1Cl. The number of anilines is 2. The van der Waals surface area contributed by atoms with Gasteiger partial charge in [0.05, 0.1) is 26.9 Å². The van der Waals surface area contributed by atoms with Crippen LogP contribution in [0, 0.1) is 10.1 Å². The van der Waals surface area contributed by atoms with Crippen LogP contribution in [0.25, 0.3) is 6.08 Å². The molecule has 3 amide bonds. The number of benzene rings is 4. The van der Waals surface area contributed by atoms with Crippen LogP contribution in [0.1, 0.15) is 15.9 Å². The molecule has 0 aliphatic heterocycles. The molecule has 4 aromatic carbocycles. The summed E-state index contributed by atoms with van der Waals surface area (Å²) >= 11 is 13.3. The molecule has 0 saturated heterocycles. The third-order valence-corrected chi connectivity index (χ3v) is 7.22. The van der Waals surface area contributed by atoms with Gasteiger partial charge in [0.15, 0.2) is 0 Å². The van der Waals surface area contributed by atoms with Gasteiger partial charge in [0.25, 0.3) is 17.5 Å². The van der Waals surface area contributed by atoms with Crippen LogP contribution >= 0.6 is 35.0 Å². The monoisotopic (exact) mass is 620 g/mol. The molecule has 0 fully saturated rings.